The standard InChI is InChI=1S/C46H42Cl4N8O6/c1-23-24(2)40(54-46(64)42(28(6)60)58-56-38-20-32(16-34(50)22-38)44(62)52-36-12-8-10-30(18-36)26(4)48)14-13-39(23)53-45(63)41(27(5)59)57-55-37-19-31(15-33(49)21-37)43(61)51-35-11-7-9-29(17-35)25(3)47/h7-22,25-26,41-42H,1-6H3,(H,51,61)(H,52,62)(H,53,63)(H,54,64). The average Bonchev–Trinajstić information content (AvgIpc) is 3.23. The summed E-state index contributed by atoms with van der Waals surface area (Å²) >= 11 is 25.0. The number of hydrogen-bond donors (Lipinski definition) is 4. The summed E-state index contributed by atoms with van der Waals surface area (Å²) in [5.74, 6) is -3.78. The Morgan fingerprint density at radius 2 is 0.891 bits per heavy atom. The lowest BCUT2D eigenvalue weighted by molar-refractivity contribution is -0.127. The molecule has 4 amide bonds. The van der Waals surface area contributed by atoms with Gasteiger partial charge in [-0.15, -0.1) is 23.2 Å². The quantitative estimate of drug-likeness (QED) is 0.0431. The Bertz CT molecular complexity index is 2520. The highest BCUT2D eigenvalue weighted by molar-refractivity contribution is 6.32. The highest BCUT2D eigenvalue weighted by Gasteiger charge is 2.26. The van der Waals surface area contributed by atoms with Gasteiger partial charge in [-0.05, 0) is 137 Å². The van der Waals surface area contributed by atoms with Crippen molar-refractivity contribution in [3.63, 3.8) is 0 Å². The number of amides is 4. The predicted octanol–water partition coefficient (Wildman–Crippen LogP) is 12.1. The van der Waals surface area contributed by atoms with Crippen LogP contribution in [0.3, 0.4) is 0 Å². The van der Waals surface area contributed by atoms with Crippen LogP contribution in [0, 0.1) is 13.8 Å². The predicted molar refractivity (Wildman–Crippen MR) is 251 cm³/mol. The molecule has 4 unspecified atom stereocenters. The topological polar surface area (TPSA) is 200 Å². The molecule has 0 aromatic heterocycles. The van der Waals surface area contributed by atoms with Crippen molar-refractivity contribution >= 4 is 116 Å². The fourth-order valence-corrected chi connectivity index (χ4v) is 6.77. The van der Waals surface area contributed by atoms with Crippen LogP contribution in [0.5, 0.6) is 0 Å². The van der Waals surface area contributed by atoms with Gasteiger partial charge in [0.25, 0.3) is 23.6 Å². The largest absolute Gasteiger partial charge is 0.324 e. The van der Waals surface area contributed by atoms with Crippen molar-refractivity contribution in [1.29, 1.82) is 0 Å². The van der Waals surface area contributed by atoms with Gasteiger partial charge in [0.05, 0.1) is 22.1 Å². The van der Waals surface area contributed by atoms with Gasteiger partial charge in [0.2, 0.25) is 12.1 Å². The zero-order valence-corrected chi connectivity index (χ0v) is 38.3. The minimum absolute atomic E-state index is 0.121. The number of halogens is 4. The molecule has 330 valence electrons. The number of ketones is 2. The lowest BCUT2D eigenvalue weighted by Gasteiger charge is -2.17. The van der Waals surface area contributed by atoms with Gasteiger partial charge in [0.1, 0.15) is 0 Å². The number of hydrogen-bond acceptors (Lipinski definition) is 10. The Morgan fingerprint density at radius 3 is 1.23 bits per heavy atom. The van der Waals surface area contributed by atoms with E-state index in [1.807, 2.05) is 26.0 Å². The number of benzene rings is 5. The molecule has 0 saturated heterocycles. The van der Waals surface area contributed by atoms with Crippen molar-refractivity contribution in [2.75, 3.05) is 21.3 Å². The van der Waals surface area contributed by atoms with E-state index < -0.39 is 47.3 Å². The van der Waals surface area contributed by atoms with Crippen LogP contribution >= 0.6 is 46.4 Å². The minimum atomic E-state index is -1.57. The SMILES string of the molecule is CC(=O)C(N=Nc1cc(Cl)cc(C(=O)Nc2cccc(C(C)Cl)c2)c1)C(=O)Nc1ccc(NC(=O)C(N=Nc2cc(Cl)cc(C(=O)Nc3cccc(C(C)Cl)c3)c2)C(C)=O)c(C)c1C. The molecule has 5 rings (SSSR count). The highest BCUT2D eigenvalue weighted by atomic mass is 35.5. The van der Waals surface area contributed by atoms with Crippen molar-refractivity contribution in [1.82, 2.24) is 0 Å². The smallest absolute Gasteiger partial charge is 0.258 e. The Labute approximate surface area is 389 Å². The van der Waals surface area contributed by atoms with E-state index in [0.717, 1.165) is 11.1 Å². The summed E-state index contributed by atoms with van der Waals surface area (Å²) in [6.45, 7) is 9.35. The van der Waals surface area contributed by atoms with Gasteiger partial charge >= 0.3 is 0 Å². The van der Waals surface area contributed by atoms with Gasteiger partial charge in [0, 0.05) is 43.9 Å². The van der Waals surface area contributed by atoms with Crippen LogP contribution in [0.1, 0.15) is 81.4 Å². The molecule has 0 radical (unpaired) electrons. The zero-order valence-electron chi connectivity index (χ0n) is 35.3. The van der Waals surface area contributed by atoms with E-state index in [4.69, 9.17) is 46.4 Å². The van der Waals surface area contributed by atoms with Crippen LogP contribution in [0.2, 0.25) is 10.0 Å². The molecule has 0 aliphatic carbocycles. The molecule has 18 heteroatoms. The van der Waals surface area contributed by atoms with E-state index in [2.05, 4.69) is 41.7 Å². The molecule has 0 saturated carbocycles. The van der Waals surface area contributed by atoms with E-state index >= 15 is 0 Å². The number of carbonyl (C=O) groups is 6. The Hall–Kier alpha value is -6.32. The maximum Gasteiger partial charge on any atom is 0.258 e. The van der Waals surface area contributed by atoms with Crippen LogP contribution in [-0.2, 0) is 19.2 Å². The second kappa shape index (κ2) is 21.8. The minimum Gasteiger partial charge on any atom is -0.324 e. The molecule has 0 bridgehead atoms. The van der Waals surface area contributed by atoms with Gasteiger partial charge in [-0.2, -0.15) is 20.5 Å². The molecular formula is C46H42Cl4N8O6. The second-order valence-electron chi connectivity index (χ2n) is 14.6. The third-order valence-electron chi connectivity index (χ3n) is 9.64. The molecule has 0 aliphatic rings. The first kappa shape index (κ1) is 48.7. The number of anilines is 4. The molecule has 0 aliphatic heterocycles. The van der Waals surface area contributed by atoms with E-state index in [1.54, 1.807) is 50.2 Å². The number of nitrogens with one attached hydrogen (secondary N) is 4. The second-order valence-corrected chi connectivity index (χ2v) is 16.8. The highest BCUT2D eigenvalue weighted by Crippen LogP contribution is 2.30. The summed E-state index contributed by atoms with van der Waals surface area (Å²) in [6, 6.07) is 22.5. The van der Waals surface area contributed by atoms with Crippen molar-refractivity contribution in [2.45, 2.75) is 64.4 Å². The molecule has 0 spiro atoms. The molecule has 14 nitrogen and oxygen atoms in total. The first-order chi connectivity index (χ1) is 30.3. The number of nitrogens with zero attached hydrogens (tertiary/aromatic N) is 4. The number of rotatable bonds is 16. The average molecular weight is 945 g/mol. The van der Waals surface area contributed by atoms with Gasteiger partial charge in [-0.3, -0.25) is 28.8 Å². The number of Topliss-reactive ketones (excluding diaryl/α,β-unsaturated/α-hetero) is 2. The molecule has 5 aromatic rings. The van der Waals surface area contributed by atoms with Crippen LogP contribution in [0.4, 0.5) is 34.1 Å². The number of alkyl halides is 2. The monoisotopic (exact) mass is 942 g/mol. The summed E-state index contributed by atoms with van der Waals surface area (Å²) in [4.78, 5) is 78.3. The third kappa shape index (κ3) is 13.1. The Balaban J connectivity index is 1.26. The van der Waals surface area contributed by atoms with Gasteiger partial charge in [-0.25, -0.2) is 0 Å². The Morgan fingerprint density at radius 1 is 0.516 bits per heavy atom. The summed E-state index contributed by atoms with van der Waals surface area (Å²) in [7, 11) is 0. The summed E-state index contributed by atoms with van der Waals surface area (Å²) in [5.41, 5.74) is 4.88. The van der Waals surface area contributed by atoms with E-state index in [9.17, 15) is 28.8 Å². The summed E-state index contributed by atoms with van der Waals surface area (Å²) in [5, 5.41) is 26.9. The normalized spacial score (nSPS) is 13.2. The molecule has 64 heavy (non-hydrogen) atoms. The van der Waals surface area contributed by atoms with Gasteiger partial charge in [0.15, 0.2) is 11.6 Å². The Kier molecular flexibility index (Phi) is 16.6. The van der Waals surface area contributed by atoms with E-state index in [0.29, 0.717) is 33.9 Å². The first-order valence-electron chi connectivity index (χ1n) is 19.6. The van der Waals surface area contributed by atoms with Crippen LogP contribution in [0.25, 0.3) is 0 Å². The van der Waals surface area contributed by atoms with Crippen LogP contribution < -0.4 is 21.3 Å². The first-order valence-corrected chi connectivity index (χ1v) is 21.2. The molecule has 5 aromatic carbocycles. The van der Waals surface area contributed by atoms with Gasteiger partial charge in [-0.1, -0.05) is 47.5 Å². The molecule has 4 atom stereocenters. The summed E-state index contributed by atoms with van der Waals surface area (Å²) < 4.78 is 0. The van der Waals surface area contributed by atoms with Crippen molar-refractivity contribution in [3.8, 4) is 0 Å². The number of azo groups is 2. The fourth-order valence-electron chi connectivity index (χ4n) is 6.04. The molecule has 4 N–H and O–H groups in total. The molecule has 0 heterocycles. The van der Waals surface area contributed by atoms with Gasteiger partial charge < -0.3 is 21.3 Å². The zero-order chi connectivity index (χ0) is 46.8. The number of carbonyl (C=O) groups excluding carboxylic acids is 6. The van der Waals surface area contributed by atoms with Crippen LogP contribution in [0.15, 0.2) is 118 Å². The van der Waals surface area contributed by atoms with E-state index in [-0.39, 0.29) is 43.3 Å². The van der Waals surface area contributed by atoms with Crippen molar-refractivity contribution < 1.29 is 28.8 Å². The summed E-state index contributed by atoms with van der Waals surface area (Å²) in [6.07, 6.45) is 0. The maximum absolute atomic E-state index is 13.4. The molecule has 0 fully saturated rings. The molecular weight excluding hydrogens is 902 g/mol. The van der Waals surface area contributed by atoms with Crippen LogP contribution in [-0.4, -0.2) is 47.3 Å². The fraction of sp³-hybridized carbons (Fsp3) is 0.217. The van der Waals surface area contributed by atoms with Crippen molar-refractivity contribution in [3.05, 3.63) is 140 Å². The van der Waals surface area contributed by atoms with E-state index in [1.165, 1.54) is 62.4 Å². The third-order valence-corrected chi connectivity index (χ3v) is 10.6. The van der Waals surface area contributed by atoms with Crippen molar-refractivity contribution in [2.24, 2.45) is 20.5 Å². The lowest BCUT2D eigenvalue weighted by Crippen LogP contribution is -2.33. The lowest BCUT2D eigenvalue weighted by atomic mass is 10.0. The maximum atomic E-state index is 13.4.